The van der Waals surface area contributed by atoms with E-state index >= 15 is 4.39 Å². The normalized spacial score (nSPS) is 23.2. The van der Waals surface area contributed by atoms with Crippen molar-refractivity contribution in [2.45, 2.75) is 82.5 Å². The van der Waals surface area contributed by atoms with Gasteiger partial charge in [-0.15, -0.1) is 0 Å². The lowest BCUT2D eigenvalue weighted by Gasteiger charge is -2.42. The Hall–Kier alpha value is -3.60. The third-order valence-corrected chi connectivity index (χ3v) is 9.44. The van der Waals surface area contributed by atoms with Crippen LogP contribution in [0, 0.1) is 11.6 Å². The van der Waals surface area contributed by atoms with Gasteiger partial charge in [-0.25, -0.2) is 13.6 Å². The van der Waals surface area contributed by atoms with Gasteiger partial charge in [0, 0.05) is 24.8 Å². The fourth-order valence-corrected chi connectivity index (χ4v) is 7.52. The van der Waals surface area contributed by atoms with E-state index in [-0.39, 0.29) is 46.5 Å². The van der Waals surface area contributed by atoms with Crippen molar-refractivity contribution in [1.82, 2.24) is 24.8 Å². The standard InChI is InChI=1S/C32H38F2N6O3/c1-31(2,3)43-30(41)40-20-10-11-21(40)18-38(17-20)28-23-16-35-26(22-8-4-5-9-24(22)33)25(34)27(23)36-29(37-28)42-19-32-12-6-14-39(32)15-7-13-32/h4-5,8-9,16,20-21H,6-7,10-15,17-19H2,1-3H3/t20-,21+. The van der Waals surface area contributed by atoms with Gasteiger partial charge in [0.25, 0.3) is 0 Å². The van der Waals surface area contributed by atoms with Gasteiger partial charge in [0.15, 0.2) is 5.82 Å². The maximum Gasteiger partial charge on any atom is 0.410 e. The highest BCUT2D eigenvalue weighted by Crippen LogP contribution is 2.40. The Bertz CT molecular complexity index is 1540. The van der Waals surface area contributed by atoms with Gasteiger partial charge in [-0.3, -0.25) is 14.8 Å². The Labute approximate surface area is 250 Å². The van der Waals surface area contributed by atoms with E-state index in [0.717, 1.165) is 51.6 Å². The van der Waals surface area contributed by atoms with E-state index in [1.807, 2.05) is 25.7 Å². The highest BCUT2D eigenvalue weighted by atomic mass is 19.1. The molecule has 2 aromatic heterocycles. The summed E-state index contributed by atoms with van der Waals surface area (Å²) in [5.41, 5.74) is -0.615. The number of pyridine rings is 1. The summed E-state index contributed by atoms with van der Waals surface area (Å²) in [6.07, 6.45) is 7.27. The van der Waals surface area contributed by atoms with Gasteiger partial charge in [-0.1, -0.05) is 12.1 Å². The van der Waals surface area contributed by atoms with E-state index in [9.17, 15) is 9.18 Å². The van der Waals surface area contributed by atoms with Crippen LogP contribution in [0.2, 0.25) is 0 Å². The highest BCUT2D eigenvalue weighted by molar-refractivity contribution is 5.92. The predicted molar refractivity (Wildman–Crippen MR) is 158 cm³/mol. The number of anilines is 1. The number of aromatic nitrogens is 3. The van der Waals surface area contributed by atoms with Gasteiger partial charge in [0.1, 0.15) is 35.1 Å². The van der Waals surface area contributed by atoms with E-state index in [4.69, 9.17) is 14.5 Å². The number of amides is 1. The predicted octanol–water partition coefficient (Wildman–Crippen LogP) is 5.57. The van der Waals surface area contributed by atoms with Crippen molar-refractivity contribution in [3.63, 3.8) is 0 Å². The van der Waals surface area contributed by atoms with Crippen molar-refractivity contribution >= 4 is 22.8 Å². The molecule has 43 heavy (non-hydrogen) atoms. The second-order valence-corrected chi connectivity index (χ2v) is 13.4. The van der Waals surface area contributed by atoms with E-state index in [1.54, 1.807) is 12.1 Å². The number of piperazine rings is 1. The van der Waals surface area contributed by atoms with Crippen LogP contribution in [0.1, 0.15) is 59.3 Å². The highest BCUT2D eigenvalue weighted by Gasteiger charge is 2.46. The summed E-state index contributed by atoms with van der Waals surface area (Å²) < 4.78 is 43.0. The third-order valence-electron chi connectivity index (χ3n) is 9.44. The van der Waals surface area contributed by atoms with Crippen molar-refractivity contribution in [2.75, 3.05) is 37.7 Å². The Kier molecular flexibility index (Phi) is 6.91. The van der Waals surface area contributed by atoms with Crippen LogP contribution in [0.25, 0.3) is 22.2 Å². The zero-order chi connectivity index (χ0) is 29.9. The van der Waals surface area contributed by atoms with Gasteiger partial charge < -0.3 is 14.4 Å². The molecule has 228 valence electrons. The summed E-state index contributed by atoms with van der Waals surface area (Å²) in [5.74, 6) is -0.761. The van der Waals surface area contributed by atoms with E-state index in [1.165, 1.54) is 18.3 Å². The zero-order valence-corrected chi connectivity index (χ0v) is 25.0. The maximum absolute atomic E-state index is 16.2. The quantitative estimate of drug-likeness (QED) is 0.381. The van der Waals surface area contributed by atoms with Crippen LogP contribution in [-0.2, 0) is 4.74 Å². The van der Waals surface area contributed by atoms with Crippen molar-refractivity contribution in [3.8, 4) is 17.3 Å². The summed E-state index contributed by atoms with van der Waals surface area (Å²) in [5, 5.41) is 0.427. The first-order chi connectivity index (χ1) is 20.6. The summed E-state index contributed by atoms with van der Waals surface area (Å²) in [6.45, 7) is 9.17. The molecule has 1 aromatic carbocycles. The van der Waals surface area contributed by atoms with Gasteiger partial charge in [0.05, 0.1) is 23.0 Å². The molecule has 4 saturated heterocycles. The molecular formula is C32H38F2N6O3. The molecule has 6 heterocycles. The molecule has 0 N–H and O–H groups in total. The topological polar surface area (TPSA) is 83.9 Å². The lowest BCUT2D eigenvalue weighted by atomic mass is 9.95. The largest absolute Gasteiger partial charge is 0.461 e. The van der Waals surface area contributed by atoms with Crippen LogP contribution in [0.3, 0.4) is 0 Å². The molecule has 0 unspecified atom stereocenters. The smallest absolute Gasteiger partial charge is 0.410 e. The Morgan fingerprint density at radius 2 is 1.74 bits per heavy atom. The van der Waals surface area contributed by atoms with Crippen molar-refractivity contribution in [1.29, 1.82) is 0 Å². The number of halogens is 2. The van der Waals surface area contributed by atoms with Crippen LogP contribution in [0.5, 0.6) is 6.01 Å². The minimum atomic E-state index is -0.715. The van der Waals surface area contributed by atoms with Crippen LogP contribution in [-0.4, -0.2) is 86.9 Å². The van der Waals surface area contributed by atoms with Crippen LogP contribution >= 0.6 is 0 Å². The first-order valence-electron chi connectivity index (χ1n) is 15.4. The molecule has 7 rings (SSSR count). The monoisotopic (exact) mass is 592 g/mol. The van der Waals surface area contributed by atoms with Crippen molar-refractivity contribution in [3.05, 3.63) is 42.1 Å². The Balaban J connectivity index is 1.26. The molecule has 0 saturated carbocycles. The number of benzene rings is 1. The number of fused-ring (bicyclic) bond motifs is 4. The third kappa shape index (κ3) is 5.05. The lowest BCUT2D eigenvalue weighted by molar-refractivity contribution is 0.0122. The number of ether oxygens (including phenoxy) is 2. The second-order valence-electron chi connectivity index (χ2n) is 13.4. The van der Waals surface area contributed by atoms with Crippen molar-refractivity contribution in [2.24, 2.45) is 0 Å². The number of carbonyl (C=O) groups excluding carboxylic acids is 1. The van der Waals surface area contributed by atoms with E-state index < -0.39 is 17.2 Å². The van der Waals surface area contributed by atoms with Gasteiger partial charge in [-0.05, 0) is 84.5 Å². The fraction of sp³-hybridized carbons (Fsp3) is 0.562. The molecule has 0 spiro atoms. The molecule has 4 aliphatic rings. The van der Waals surface area contributed by atoms with Gasteiger partial charge >= 0.3 is 12.1 Å². The fourth-order valence-electron chi connectivity index (χ4n) is 7.52. The zero-order valence-electron chi connectivity index (χ0n) is 25.0. The molecule has 4 fully saturated rings. The van der Waals surface area contributed by atoms with Gasteiger partial charge in [-0.2, -0.15) is 9.97 Å². The number of carbonyl (C=O) groups is 1. The van der Waals surface area contributed by atoms with Crippen molar-refractivity contribution < 1.29 is 23.0 Å². The minimum absolute atomic E-state index is 0.0360. The summed E-state index contributed by atoms with van der Waals surface area (Å²) in [4.78, 5) is 33.3. The number of hydrogen-bond acceptors (Lipinski definition) is 8. The average molecular weight is 593 g/mol. The molecule has 2 bridgehead atoms. The SMILES string of the molecule is CC(C)(C)OC(=O)N1[C@@H]2CC[C@H]1CN(c1nc(OCC34CCCN3CCC4)nc3c(F)c(-c4ccccc4F)ncc13)C2. The second kappa shape index (κ2) is 10.5. The summed E-state index contributed by atoms with van der Waals surface area (Å²) in [7, 11) is 0. The molecule has 1 amide bonds. The average Bonchev–Trinajstić information content (AvgIpc) is 3.62. The Morgan fingerprint density at radius 1 is 1.05 bits per heavy atom. The summed E-state index contributed by atoms with van der Waals surface area (Å²) >= 11 is 0. The number of rotatable bonds is 5. The number of nitrogens with zero attached hydrogens (tertiary/aromatic N) is 6. The lowest BCUT2D eigenvalue weighted by Crippen LogP contribution is -2.57. The molecule has 2 atom stereocenters. The first kappa shape index (κ1) is 28.2. The minimum Gasteiger partial charge on any atom is -0.461 e. The summed E-state index contributed by atoms with van der Waals surface area (Å²) in [6, 6.07) is 5.97. The van der Waals surface area contributed by atoms with Crippen LogP contribution in [0.4, 0.5) is 19.4 Å². The van der Waals surface area contributed by atoms with Crippen LogP contribution < -0.4 is 9.64 Å². The van der Waals surface area contributed by atoms with Crippen LogP contribution in [0.15, 0.2) is 30.5 Å². The first-order valence-corrected chi connectivity index (χ1v) is 15.4. The molecule has 0 radical (unpaired) electrons. The number of hydrogen-bond donors (Lipinski definition) is 0. The van der Waals surface area contributed by atoms with E-state index in [0.29, 0.717) is 30.9 Å². The molecule has 9 nitrogen and oxygen atoms in total. The molecule has 4 aliphatic heterocycles. The van der Waals surface area contributed by atoms with Gasteiger partial charge in [0.2, 0.25) is 0 Å². The molecule has 3 aromatic rings. The maximum atomic E-state index is 16.2. The Morgan fingerprint density at radius 3 is 2.42 bits per heavy atom. The molecular weight excluding hydrogens is 554 g/mol. The van der Waals surface area contributed by atoms with E-state index in [2.05, 4.69) is 19.8 Å². The molecule has 0 aliphatic carbocycles. The molecule has 11 heteroatoms.